The number of nitrogens with one attached hydrogen (secondary N) is 1. The Kier molecular flexibility index (Phi) is 2.84. The Morgan fingerprint density at radius 1 is 1.85 bits per heavy atom. The van der Waals surface area contributed by atoms with Crippen molar-refractivity contribution in [3.8, 4) is 0 Å². The quantitative estimate of drug-likeness (QED) is 0.686. The minimum absolute atomic E-state index is 0.112. The van der Waals surface area contributed by atoms with Crippen molar-refractivity contribution in [2.24, 2.45) is 0 Å². The fourth-order valence-electron chi connectivity index (χ4n) is 0.933. The van der Waals surface area contributed by atoms with Gasteiger partial charge in [0.15, 0.2) is 5.69 Å². The summed E-state index contributed by atoms with van der Waals surface area (Å²) < 4.78 is 13.2. The molecule has 1 heterocycles. The van der Waals surface area contributed by atoms with Gasteiger partial charge in [0.05, 0.1) is 12.2 Å². The van der Waals surface area contributed by atoms with Crippen molar-refractivity contribution in [1.82, 2.24) is 15.1 Å². The first-order chi connectivity index (χ1) is 6.19. The van der Waals surface area contributed by atoms with Crippen LogP contribution in [0.2, 0.25) is 0 Å². The third-order valence-corrected chi connectivity index (χ3v) is 1.55. The molecular weight excluding hydrogens is 175 g/mol. The number of hydrogen-bond donors (Lipinski definition) is 2. The number of aryl methyl sites for hydroxylation is 1. The van der Waals surface area contributed by atoms with Crippen molar-refractivity contribution < 1.29 is 9.18 Å². The van der Waals surface area contributed by atoms with E-state index >= 15 is 0 Å². The van der Waals surface area contributed by atoms with Crippen molar-refractivity contribution in [2.75, 3.05) is 19.5 Å². The van der Waals surface area contributed by atoms with E-state index in [9.17, 15) is 9.18 Å². The van der Waals surface area contributed by atoms with E-state index in [0.29, 0.717) is 0 Å². The molecule has 72 valence electrons. The number of hydrogen-bond acceptors (Lipinski definition) is 3. The maximum Gasteiger partial charge on any atom is 0.273 e. The Morgan fingerprint density at radius 2 is 2.54 bits per heavy atom. The molecule has 0 spiro atoms. The first-order valence-corrected chi connectivity index (χ1v) is 3.80. The van der Waals surface area contributed by atoms with E-state index in [1.807, 2.05) is 0 Å². The Morgan fingerprint density at radius 3 is 3.08 bits per heavy atom. The number of nitrogens with two attached hydrogens (primary N) is 1. The minimum atomic E-state index is -0.533. The molecule has 0 saturated carbocycles. The Balaban J connectivity index is 2.89. The maximum absolute atomic E-state index is 11.9. The topological polar surface area (TPSA) is 72.9 Å². The average Bonchev–Trinajstić information content (AvgIpc) is 2.46. The van der Waals surface area contributed by atoms with E-state index in [-0.39, 0.29) is 23.8 Å². The van der Waals surface area contributed by atoms with Gasteiger partial charge in [0.1, 0.15) is 6.67 Å². The molecule has 0 radical (unpaired) electrons. The first kappa shape index (κ1) is 9.50. The van der Waals surface area contributed by atoms with Crippen LogP contribution in [0.25, 0.3) is 0 Å². The van der Waals surface area contributed by atoms with Crippen LogP contribution in [0.3, 0.4) is 0 Å². The molecule has 0 bridgehead atoms. The summed E-state index contributed by atoms with van der Waals surface area (Å²) in [5, 5.41) is 6.20. The standard InChI is InChI=1S/C7H11FN4O/c1-10-7(13)6-5(9)4-12(11-6)3-2-8/h4H,2-3,9H2,1H3,(H,10,13). The molecule has 1 rings (SSSR count). The summed E-state index contributed by atoms with van der Waals surface area (Å²) in [6.07, 6.45) is 1.43. The lowest BCUT2D eigenvalue weighted by molar-refractivity contribution is 0.0958. The molecule has 0 saturated heterocycles. The summed E-state index contributed by atoms with van der Waals surface area (Å²) in [4.78, 5) is 11.1. The van der Waals surface area contributed by atoms with Crippen LogP contribution in [0.1, 0.15) is 10.5 Å². The normalized spacial score (nSPS) is 10.0. The van der Waals surface area contributed by atoms with Crippen molar-refractivity contribution >= 4 is 11.6 Å². The molecule has 13 heavy (non-hydrogen) atoms. The van der Waals surface area contributed by atoms with E-state index in [0.717, 1.165) is 0 Å². The number of carbonyl (C=O) groups is 1. The number of amides is 1. The number of rotatable bonds is 3. The Bertz CT molecular complexity index is 309. The van der Waals surface area contributed by atoms with Gasteiger partial charge in [-0.2, -0.15) is 5.10 Å². The second kappa shape index (κ2) is 3.88. The lowest BCUT2D eigenvalue weighted by Gasteiger charge is -1.95. The van der Waals surface area contributed by atoms with E-state index < -0.39 is 6.67 Å². The summed E-state index contributed by atoms with van der Waals surface area (Å²) >= 11 is 0. The zero-order valence-corrected chi connectivity index (χ0v) is 7.25. The van der Waals surface area contributed by atoms with Gasteiger partial charge in [-0.25, -0.2) is 4.39 Å². The molecule has 0 aromatic carbocycles. The van der Waals surface area contributed by atoms with Crippen LogP contribution >= 0.6 is 0 Å². The highest BCUT2D eigenvalue weighted by Crippen LogP contribution is 2.08. The molecule has 6 heteroatoms. The van der Waals surface area contributed by atoms with Gasteiger partial charge in [0.25, 0.3) is 5.91 Å². The van der Waals surface area contributed by atoms with Gasteiger partial charge in [-0.15, -0.1) is 0 Å². The number of nitrogens with zero attached hydrogens (tertiary/aromatic N) is 2. The molecule has 0 fully saturated rings. The smallest absolute Gasteiger partial charge is 0.273 e. The number of carbonyl (C=O) groups excluding carboxylic acids is 1. The molecular formula is C7H11FN4O. The molecule has 5 nitrogen and oxygen atoms in total. The zero-order valence-electron chi connectivity index (χ0n) is 7.25. The summed E-state index contributed by atoms with van der Waals surface area (Å²) in [5.41, 5.74) is 5.87. The second-order valence-corrected chi connectivity index (χ2v) is 2.46. The van der Waals surface area contributed by atoms with Gasteiger partial charge in [-0.05, 0) is 0 Å². The molecule has 1 aromatic heterocycles. The summed E-state index contributed by atoms with van der Waals surface area (Å²) in [6, 6.07) is 0. The number of aromatic nitrogens is 2. The molecule has 0 aliphatic heterocycles. The minimum Gasteiger partial charge on any atom is -0.396 e. The maximum atomic E-state index is 11.9. The van der Waals surface area contributed by atoms with Crippen molar-refractivity contribution in [3.63, 3.8) is 0 Å². The van der Waals surface area contributed by atoms with Gasteiger partial charge in [-0.1, -0.05) is 0 Å². The van der Waals surface area contributed by atoms with Gasteiger partial charge < -0.3 is 11.1 Å². The van der Waals surface area contributed by atoms with Crippen LogP contribution < -0.4 is 11.1 Å². The van der Waals surface area contributed by atoms with Crippen molar-refractivity contribution in [2.45, 2.75) is 6.54 Å². The highest BCUT2D eigenvalue weighted by atomic mass is 19.1. The number of nitrogen functional groups attached to an aromatic ring is 1. The van der Waals surface area contributed by atoms with Crippen LogP contribution in [0.15, 0.2) is 6.20 Å². The highest BCUT2D eigenvalue weighted by Gasteiger charge is 2.12. The molecule has 0 atom stereocenters. The fourth-order valence-corrected chi connectivity index (χ4v) is 0.933. The highest BCUT2D eigenvalue weighted by molar-refractivity contribution is 5.96. The van der Waals surface area contributed by atoms with Crippen LogP contribution in [-0.4, -0.2) is 29.4 Å². The molecule has 0 aliphatic rings. The average molecular weight is 186 g/mol. The molecule has 0 unspecified atom stereocenters. The predicted molar refractivity (Wildman–Crippen MR) is 46.0 cm³/mol. The summed E-state index contributed by atoms with van der Waals surface area (Å²) in [6.45, 7) is -0.421. The van der Waals surface area contributed by atoms with Crippen molar-refractivity contribution in [1.29, 1.82) is 0 Å². The van der Waals surface area contributed by atoms with Crippen LogP contribution in [-0.2, 0) is 6.54 Å². The van der Waals surface area contributed by atoms with Crippen LogP contribution in [0.4, 0.5) is 10.1 Å². The van der Waals surface area contributed by atoms with Crippen LogP contribution in [0.5, 0.6) is 0 Å². The number of anilines is 1. The lowest BCUT2D eigenvalue weighted by atomic mass is 10.3. The summed E-state index contributed by atoms with van der Waals surface area (Å²) in [7, 11) is 1.48. The van der Waals surface area contributed by atoms with E-state index in [1.165, 1.54) is 17.9 Å². The fraction of sp³-hybridized carbons (Fsp3) is 0.429. The Hall–Kier alpha value is -1.59. The number of alkyl halides is 1. The van der Waals surface area contributed by atoms with E-state index in [2.05, 4.69) is 10.4 Å². The lowest BCUT2D eigenvalue weighted by Crippen LogP contribution is -2.20. The molecule has 0 aliphatic carbocycles. The third-order valence-electron chi connectivity index (χ3n) is 1.55. The molecule has 1 aromatic rings. The van der Waals surface area contributed by atoms with Gasteiger partial charge >= 0.3 is 0 Å². The third kappa shape index (κ3) is 1.95. The molecule has 3 N–H and O–H groups in total. The second-order valence-electron chi connectivity index (χ2n) is 2.46. The monoisotopic (exact) mass is 186 g/mol. The number of halogens is 1. The van der Waals surface area contributed by atoms with Crippen LogP contribution in [0, 0.1) is 0 Å². The van der Waals surface area contributed by atoms with E-state index in [4.69, 9.17) is 5.73 Å². The Labute approximate surface area is 74.7 Å². The van der Waals surface area contributed by atoms with Crippen molar-refractivity contribution in [3.05, 3.63) is 11.9 Å². The predicted octanol–water partition coefficient (Wildman–Crippen LogP) is -0.206. The van der Waals surface area contributed by atoms with E-state index in [1.54, 1.807) is 0 Å². The summed E-state index contributed by atoms with van der Waals surface area (Å²) in [5.74, 6) is -0.366. The van der Waals surface area contributed by atoms with Gasteiger partial charge in [-0.3, -0.25) is 9.48 Å². The van der Waals surface area contributed by atoms with Gasteiger partial charge in [0, 0.05) is 13.2 Å². The first-order valence-electron chi connectivity index (χ1n) is 3.80. The largest absolute Gasteiger partial charge is 0.396 e. The SMILES string of the molecule is CNC(=O)c1nn(CCF)cc1N. The van der Waals surface area contributed by atoms with Gasteiger partial charge in [0.2, 0.25) is 0 Å². The molecule has 1 amide bonds. The zero-order chi connectivity index (χ0) is 9.84.